The van der Waals surface area contributed by atoms with Crippen LogP contribution in [0, 0.1) is 0 Å². The van der Waals surface area contributed by atoms with Gasteiger partial charge in [0.1, 0.15) is 5.69 Å². The van der Waals surface area contributed by atoms with Crippen molar-refractivity contribution in [3.63, 3.8) is 0 Å². The van der Waals surface area contributed by atoms with Crippen molar-refractivity contribution in [1.82, 2.24) is 24.2 Å². The van der Waals surface area contributed by atoms with Crippen LogP contribution in [0.3, 0.4) is 0 Å². The lowest BCUT2D eigenvalue weighted by molar-refractivity contribution is -0.141. The standard InChI is InChI=1S/C18H16F3N5O2S/c19-18(20,21)14-2-1-12(10-22-14)16(28)25-5-3-24(4-6-25)11-13-9-15(27)26-7-8-29-17(26)23-13/h1-2,7-10H,3-6,11H2. The zero-order valence-corrected chi connectivity index (χ0v) is 15.9. The molecule has 0 radical (unpaired) electrons. The molecule has 1 aliphatic heterocycles. The Labute approximate surface area is 167 Å². The number of fused-ring (bicyclic) bond motifs is 1. The molecule has 0 aromatic carbocycles. The maximum atomic E-state index is 12.6. The molecule has 0 N–H and O–H groups in total. The first kappa shape index (κ1) is 19.5. The highest BCUT2D eigenvalue weighted by atomic mass is 32.1. The van der Waals surface area contributed by atoms with Crippen molar-refractivity contribution in [2.45, 2.75) is 12.7 Å². The van der Waals surface area contributed by atoms with Crippen molar-refractivity contribution in [3.05, 3.63) is 63.3 Å². The molecule has 1 fully saturated rings. The first-order valence-electron chi connectivity index (χ1n) is 8.82. The molecule has 4 rings (SSSR count). The predicted molar refractivity (Wildman–Crippen MR) is 99.8 cm³/mol. The molecule has 0 atom stereocenters. The van der Waals surface area contributed by atoms with Gasteiger partial charge in [-0.3, -0.25) is 23.9 Å². The molecule has 29 heavy (non-hydrogen) atoms. The number of thiazole rings is 1. The number of carbonyl (C=O) groups excluding carboxylic acids is 1. The van der Waals surface area contributed by atoms with Gasteiger partial charge in [-0.25, -0.2) is 4.98 Å². The summed E-state index contributed by atoms with van der Waals surface area (Å²) >= 11 is 1.39. The second-order valence-electron chi connectivity index (χ2n) is 6.64. The SMILES string of the molecule is O=C(c1ccc(C(F)(F)F)nc1)N1CCN(Cc2cc(=O)n3ccsc3n2)CC1. The quantitative estimate of drug-likeness (QED) is 0.646. The number of piperazine rings is 1. The Kier molecular flexibility index (Phi) is 5.09. The summed E-state index contributed by atoms with van der Waals surface area (Å²) in [7, 11) is 0. The third-order valence-electron chi connectivity index (χ3n) is 4.70. The van der Waals surface area contributed by atoms with E-state index in [2.05, 4.69) is 14.9 Å². The van der Waals surface area contributed by atoms with Crippen LogP contribution in [0.25, 0.3) is 4.96 Å². The molecule has 0 saturated carbocycles. The molecule has 7 nitrogen and oxygen atoms in total. The van der Waals surface area contributed by atoms with E-state index in [4.69, 9.17) is 0 Å². The van der Waals surface area contributed by atoms with Gasteiger partial charge in [-0.15, -0.1) is 11.3 Å². The van der Waals surface area contributed by atoms with E-state index in [1.165, 1.54) is 21.8 Å². The lowest BCUT2D eigenvalue weighted by Gasteiger charge is -2.34. The number of amides is 1. The lowest BCUT2D eigenvalue weighted by Crippen LogP contribution is -2.48. The Hall–Kier alpha value is -2.79. The molecule has 0 bridgehead atoms. The van der Waals surface area contributed by atoms with Gasteiger partial charge in [-0.05, 0) is 12.1 Å². The van der Waals surface area contributed by atoms with Crippen LogP contribution in [-0.2, 0) is 12.7 Å². The van der Waals surface area contributed by atoms with Crippen LogP contribution < -0.4 is 5.56 Å². The molecule has 3 aromatic rings. The average Bonchev–Trinajstić information content (AvgIpc) is 3.17. The summed E-state index contributed by atoms with van der Waals surface area (Å²) in [5.41, 5.74) is -0.353. The number of pyridine rings is 1. The Morgan fingerprint density at radius 1 is 1.17 bits per heavy atom. The number of halogens is 3. The molecular formula is C18H16F3N5O2S. The molecule has 11 heteroatoms. The van der Waals surface area contributed by atoms with Crippen molar-refractivity contribution in [2.24, 2.45) is 0 Å². The molecule has 0 unspecified atom stereocenters. The van der Waals surface area contributed by atoms with E-state index < -0.39 is 11.9 Å². The van der Waals surface area contributed by atoms with Crippen LogP contribution in [0.2, 0.25) is 0 Å². The minimum atomic E-state index is -4.53. The van der Waals surface area contributed by atoms with E-state index >= 15 is 0 Å². The number of aromatic nitrogens is 3. The van der Waals surface area contributed by atoms with Crippen LogP contribution in [-0.4, -0.2) is 56.3 Å². The van der Waals surface area contributed by atoms with Gasteiger partial charge in [0.2, 0.25) is 0 Å². The minimum Gasteiger partial charge on any atom is -0.336 e. The third-order valence-corrected chi connectivity index (χ3v) is 5.46. The van der Waals surface area contributed by atoms with Gasteiger partial charge in [-0.1, -0.05) is 0 Å². The molecule has 3 aromatic heterocycles. The van der Waals surface area contributed by atoms with Gasteiger partial charge in [0, 0.05) is 56.6 Å². The highest BCUT2D eigenvalue weighted by molar-refractivity contribution is 7.15. The number of carbonyl (C=O) groups is 1. The molecule has 152 valence electrons. The second kappa shape index (κ2) is 7.56. The van der Waals surface area contributed by atoms with Gasteiger partial charge < -0.3 is 4.90 Å². The molecule has 4 heterocycles. The van der Waals surface area contributed by atoms with Gasteiger partial charge in [-0.2, -0.15) is 13.2 Å². The fourth-order valence-electron chi connectivity index (χ4n) is 3.18. The van der Waals surface area contributed by atoms with Crippen LogP contribution in [0.1, 0.15) is 21.7 Å². The van der Waals surface area contributed by atoms with E-state index in [9.17, 15) is 22.8 Å². The van der Waals surface area contributed by atoms with Crippen LogP contribution in [0.4, 0.5) is 13.2 Å². The summed E-state index contributed by atoms with van der Waals surface area (Å²) in [6, 6.07) is 3.47. The van der Waals surface area contributed by atoms with E-state index in [0.29, 0.717) is 43.4 Å². The Morgan fingerprint density at radius 3 is 2.59 bits per heavy atom. The van der Waals surface area contributed by atoms with Gasteiger partial charge in [0.05, 0.1) is 11.3 Å². The number of rotatable bonds is 3. The summed E-state index contributed by atoms with van der Waals surface area (Å²) < 4.78 is 39.3. The first-order valence-corrected chi connectivity index (χ1v) is 9.70. The molecular weight excluding hydrogens is 407 g/mol. The van der Waals surface area contributed by atoms with E-state index in [-0.39, 0.29) is 17.0 Å². The van der Waals surface area contributed by atoms with E-state index in [0.717, 1.165) is 18.3 Å². The Bertz CT molecular complexity index is 1090. The summed E-state index contributed by atoms with van der Waals surface area (Å²) in [5, 5.41) is 1.80. The smallest absolute Gasteiger partial charge is 0.336 e. The number of alkyl halides is 3. The zero-order valence-electron chi connectivity index (χ0n) is 15.1. The minimum absolute atomic E-state index is 0.129. The van der Waals surface area contributed by atoms with Crippen molar-refractivity contribution in [2.75, 3.05) is 26.2 Å². The molecule has 1 saturated heterocycles. The lowest BCUT2D eigenvalue weighted by atomic mass is 10.2. The van der Waals surface area contributed by atoms with Crippen LogP contribution in [0.15, 0.2) is 40.8 Å². The highest BCUT2D eigenvalue weighted by Crippen LogP contribution is 2.27. The normalized spacial score (nSPS) is 15.8. The van der Waals surface area contributed by atoms with Crippen LogP contribution >= 0.6 is 11.3 Å². The average molecular weight is 423 g/mol. The maximum Gasteiger partial charge on any atom is 0.433 e. The fourth-order valence-corrected chi connectivity index (χ4v) is 3.92. The van der Waals surface area contributed by atoms with Gasteiger partial charge in [0.15, 0.2) is 4.96 Å². The number of nitrogens with zero attached hydrogens (tertiary/aromatic N) is 5. The molecule has 0 aliphatic carbocycles. The summed E-state index contributed by atoms with van der Waals surface area (Å²) in [5.74, 6) is -0.345. The summed E-state index contributed by atoms with van der Waals surface area (Å²) in [4.78, 5) is 36.7. The molecule has 1 amide bonds. The summed E-state index contributed by atoms with van der Waals surface area (Å²) in [6.45, 7) is 2.50. The van der Waals surface area contributed by atoms with E-state index in [1.807, 2.05) is 0 Å². The van der Waals surface area contributed by atoms with Gasteiger partial charge in [0.25, 0.3) is 11.5 Å². The Balaban J connectivity index is 1.37. The Morgan fingerprint density at radius 2 is 1.93 bits per heavy atom. The zero-order chi connectivity index (χ0) is 20.6. The van der Waals surface area contributed by atoms with Crippen molar-refractivity contribution < 1.29 is 18.0 Å². The molecule has 1 aliphatic rings. The largest absolute Gasteiger partial charge is 0.433 e. The van der Waals surface area contributed by atoms with E-state index in [1.54, 1.807) is 16.5 Å². The summed E-state index contributed by atoms with van der Waals surface area (Å²) in [6.07, 6.45) is -1.89. The number of hydrogen-bond acceptors (Lipinski definition) is 6. The topological polar surface area (TPSA) is 70.8 Å². The van der Waals surface area contributed by atoms with Crippen LogP contribution in [0.5, 0.6) is 0 Å². The first-order chi connectivity index (χ1) is 13.8. The highest BCUT2D eigenvalue weighted by Gasteiger charge is 2.32. The maximum absolute atomic E-state index is 12.6. The predicted octanol–water partition coefficient (Wildman–Crippen LogP) is 2.13. The monoisotopic (exact) mass is 423 g/mol. The van der Waals surface area contributed by atoms with Gasteiger partial charge >= 0.3 is 6.18 Å². The van der Waals surface area contributed by atoms with Crippen molar-refractivity contribution in [1.29, 1.82) is 0 Å². The third kappa shape index (κ3) is 4.15. The fraction of sp³-hybridized carbons (Fsp3) is 0.333. The number of hydrogen-bond donors (Lipinski definition) is 0. The molecule has 0 spiro atoms. The second-order valence-corrected chi connectivity index (χ2v) is 7.51. The van der Waals surface area contributed by atoms with Crippen molar-refractivity contribution in [3.8, 4) is 0 Å². The van der Waals surface area contributed by atoms with Crippen molar-refractivity contribution >= 4 is 22.2 Å².